The van der Waals surface area contributed by atoms with Crippen LogP contribution in [0.25, 0.3) is 0 Å². The number of methoxy groups -OCH3 is 1. The van der Waals surface area contributed by atoms with E-state index >= 15 is 0 Å². The van der Waals surface area contributed by atoms with Crippen molar-refractivity contribution >= 4 is 0 Å². The molecular formula is C12H26N2O. The van der Waals surface area contributed by atoms with E-state index in [-0.39, 0.29) is 0 Å². The standard InChI is InChI=1S/C12H26N2O/c1-12(2)10(9-11(12)15-5)13-7-6-8-14(3)4/h10-11,13H,6-9H2,1-5H3. The second-order valence-electron chi connectivity index (χ2n) is 5.44. The third-order valence-electron chi connectivity index (χ3n) is 3.64. The lowest BCUT2D eigenvalue weighted by atomic mass is 9.64. The molecule has 3 nitrogen and oxygen atoms in total. The van der Waals surface area contributed by atoms with Gasteiger partial charge in [0.15, 0.2) is 0 Å². The predicted molar refractivity (Wildman–Crippen MR) is 64.2 cm³/mol. The smallest absolute Gasteiger partial charge is 0.0652 e. The molecule has 0 bridgehead atoms. The summed E-state index contributed by atoms with van der Waals surface area (Å²) in [5.74, 6) is 0. The van der Waals surface area contributed by atoms with Crippen molar-refractivity contribution in [3.63, 3.8) is 0 Å². The van der Waals surface area contributed by atoms with E-state index < -0.39 is 0 Å². The van der Waals surface area contributed by atoms with Crippen LogP contribution in [-0.4, -0.2) is 51.3 Å². The van der Waals surface area contributed by atoms with Gasteiger partial charge in [0.25, 0.3) is 0 Å². The summed E-state index contributed by atoms with van der Waals surface area (Å²) in [7, 11) is 6.05. The van der Waals surface area contributed by atoms with Gasteiger partial charge in [-0.2, -0.15) is 0 Å². The maximum Gasteiger partial charge on any atom is 0.0652 e. The summed E-state index contributed by atoms with van der Waals surface area (Å²) in [6, 6.07) is 0.629. The minimum Gasteiger partial charge on any atom is -0.381 e. The average Bonchev–Trinajstić information content (AvgIpc) is 2.15. The number of hydrogen-bond acceptors (Lipinski definition) is 3. The highest BCUT2D eigenvalue weighted by Gasteiger charge is 2.47. The van der Waals surface area contributed by atoms with E-state index in [1.807, 2.05) is 7.11 Å². The molecule has 3 heteroatoms. The van der Waals surface area contributed by atoms with Crippen LogP contribution in [0.5, 0.6) is 0 Å². The second kappa shape index (κ2) is 5.28. The Morgan fingerprint density at radius 1 is 1.40 bits per heavy atom. The summed E-state index contributed by atoms with van der Waals surface area (Å²) >= 11 is 0. The lowest BCUT2D eigenvalue weighted by Gasteiger charge is -2.51. The Balaban J connectivity index is 2.14. The zero-order valence-corrected chi connectivity index (χ0v) is 10.8. The van der Waals surface area contributed by atoms with Gasteiger partial charge in [0.05, 0.1) is 6.10 Å². The van der Waals surface area contributed by atoms with E-state index in [4.69, 9.17) is 4.74 Å². The lowest BCUT2D eigenvalue weighted by molar-refractivity contribution is -0.0973. The van der Waals surface area contributed by atoms with Crippen molar-refractivity contribution in [2.24, 2.45) is 5.41 Å². The molecule has 0 heterocycles. The quantitative estimate of drug-likeness (QED) is 0.675. The Morgan fingerprint density at radius 2 is 2.07 bits per heavy atom. The van der Waals surface area contributed by atoms with Crippen molar-refractivity contribution in [1.82, 2.24) is 10.2 Å². The van der Waals surface area contributed by atoms with E-state index in [9.17, 15) is 0 Å². The second-order valence-corrected chi connectivity index (χ2v) is 5.44. The Kier molecular flexibility index (Phi) is 4.56. The number of hydrogen-bond donors (Lipinski definition) is 1. The Labute approximate surface area is 94.2 Å². The number of rotatable bonds is 6. The molecule has 0 aromatic rings. The predicted octanol–water partition coefficient (Wildman–Crippen LogP) is 1.34. The third kappa shape index (κ3) is 3.16. The van der Waals surface area contributed by atoms with Gasteiger partial charge in [0, 0.05) is 18.6 Å². The monoisotopic (exact) mass is 214 g/mol. The molecule has 1 fully saturated rings. The average molecular weight is 214 g/mol. The fourth-order valence-corrected chi connectivity index (χ4v) is 2.30. The molecule has 0 aromatic carbocycles. The fourth-order valence-electron chi connectivity index (χ4n) is 2.30. The number of ether oxygens (including phenoxy) is 1. The molecule has 1 aliphatic rings. The molecule has 2 atom stereocenters. The summed E-state index contributed by atoms with van der Waals surface area (Å²) in [5.41, 5.74) is 0.298. The SMILES string of the molecule is COC1CC(NCCCN(C)C)C1(C)C. The van der Waals surface area contributed by atoms with Crippen molar-refractivity contribution in [2.45, 2.75) is 38.8 Å². The Morgan fingerprint density at radius 3 is 2.53 bits per heavy atom. The van der Waals surface area contributed by atoms with Gasteiger partial charge in [-0.15, -0.1) is 0 Å². The molecular weight excluding hydrogens is 188 g/mol. The molecule has 0 spiro atoms. The molecule has 0 amide bonds. The summed E-state index contributed by atoms with van der Waals surface area (Å²) in [4.78, 5) is 2.23. The van der Waals surface area contributed by atoms with Crippen LogP contribution < -0.4 is 5.32 Å². The van der Waals surface area contributed by atoms with Gasteiger partial charge in [-0.1, -0.05) is 13.8 Å². The molecule has 1 saturated carbocycles. The van der Waals surface area contributed by atoms with Gasteiger partial charge in [0.2, 0.25) is 0 Å². The molecule has 1 N–H and O–H groups in total. The molecule has 90 valence electrons. The van der Waals surface area contributed by atoms with Crippen LogP contribution in [0.2, 0.25) is 0 Å². The van der Waals surface area contributed by atoms with Gasteiger partial charge in [-0.05, 0) is 40.0 Å². The number of nitrogens with zero attached hydrogens (tertiary/aromatic N) is 1. The van der Waals surface area contributed by atoms with E-state index in [0.717, 1.165) is 19.5 Å². The van der Waals surface area contributed by atoms with Crippen LogP contribution in [-0.2, 0) is 4.74 Å². The largest absolute Gasteiger partial charge is 0.381 e. The van der Waals surface area contributed by atoms with Gasteiger partial charge >= 0.3 is 0 Å². The summed E-state index contributed by atoms with van der Waals surface area (Å²) < 4.78 is 5.43. The van der Waals surface area contributed by atoms with Crippen LogP contribution in [0, 0.1) is 5.41 Å². The van der Waals surface area contributed by atoms with Gasteiger partial charge in [-0.25, -0.2) is 0 Å². The molecule has 1 rings (SSSR count). The molecule has 0 saturated heterocycles. The van der Waals surface area contributed by atoms with Gasteiger partial charge < -0.3 is 15.0 Å². The van der Waals surface area contributed by atoms with Crippen LogP contribution in [0.1, 0.15) is 26.7 Å². The molecule has 1 aliphatic carbocycles. The van der Waals surface area contributed by atoms with Gasteiger partial charge in [0.1, 0.15) is 0 Å². The van der Waals surface area contributed by atoms with E-state index in [1.165, 1.54) is 6.42 Å². The van der Waals surface area contributed by atoms with Crippen LogP contribution in [0.4, 0.5) is 0 Å². The molecule has 2 unspecified atom stereocenters. The highest BCUT2D eigenvalue weighted by molar-refractivity contribution is 5.02. The zero-order valence-electron chi connectivity index (χ0n) is 10.8. The van der Waals surface area contributed by atoms with E-state index in [2.05, 4.69) is 38.2 Å². The minimum absolute atomic E-state index is 0.298. The first-order valence-electron chi connectivity index (χ1n) is 5.89. The Hall–Kier alpha value is -0.120. The Bertz CT molecular complexity index is 192. The van der Waals surface area contributed by atoms with Crippen molar-refractivity contribution in [3.8, 4) is 0 Å². The van der Waals surface area contributed by atoms with Crippen molar-refractivity contribution < 1.29 is 4.74 Å². The van der Waals surface area contributed by atoms with E-state index in [0.29, 0.717) is 17.6 Å². The molecule has 0 aromatic heterocycles. The van der Waals surface area contributed by atoms with Crippen LogP contribution in [0.3, 0.4) is 0 Å². The maximum absolute atomic E-state index is 5.43. The minimum atomic E-state index is 0.298. The highest BCUT2D eigenvalue weighted by Crippen LogP contribution is 2.42. The fraction of sp³-hybridized carbons (Fsp3) is 1.00. The van der Waals surface area contributed by atoms with Crippen molar-refractivity contribution in [3.05, 3.63) is 0 Å². The summed E-state index contributed by atoms with van der Waals surface area (Å²) in [6.45, 7) is 6.85. The summed E-state index contributed by atoms with van der Waals surface area (Å²) in [5, 5.41) is 3.62. The topological polar surface area (TPSA) is 24.5 Å². The summed E-state index contributed by atoms with van der Waals surface area (Å²) in [6.07, 6.45) is 2.81. The first-order valence-corrected chi connectivity index (χ1v) is 5.89. The first kappa shape index (κ1) is 12.9. The molecule has 0 radical (unpaired) electrons. The molecule has 0 aliphatic heterocycles. The van der Waals surface area contributed by atoms with E-state index in [1.54, 1.807) is 0 Å². The first-order chi connectivity index (χ1) is 6.98. The highest BCUT2D eigenvalue weighted by atomic mass is 16.5. The normalized spacial score (nSPS) is 29.2. The number of nitrogens with one attached hydrogen (secondary N) is 1. The van der Waals surface area contributed by atoms with Crippen molar-refractivity contribution in [1.29, 1.82) is 0 Å². The maximum atomic E-state index is 5.43. The van der Waals surface area contributed by atoms with Crippen LogP contribution in [0.15, 0.2) is 0 Å². The van der Waals surface area contributed by atoms with Gasteiger partial charge in [-0.3, -0.25) is 0 Å². The van der Waals surface area contributed by atoms with Crippen molar-refractivity contribution in [2.75, 3.05) is 34.3 Å². The van der Waals surface area contributed by atoms with Crippen LogP contribution >= 0.6 is 0 Å². The third-order valence-corrected chi connectivity index (χ3v) is 3.64. The lowest BCUT2D eigenvalue weighted by Crippen LogP contribution is -2.60. The molecule has 15 heavy (non-hydrogen) atoms. The zero-order chi connectivity index (χ0) is 11.5.